The number of rotatable bonds is 4. The summed E-state index contributed by atoms with van der Waals surface area (Å²) in [6.45, 7) is 4.38. The molecular weight excluding hydrogens is 254 g/mol. The molecule has 0 aliphatic rings. The Morgan fingerprint density at radius 2 is 2.28 bits per heavy atom. The number of ether oxygens (including phenoxy) is 1. The molecule has 1 aromatic heterocycles. The van der Waals surface area contributed by atoms with Crippen LogP contribution in [0, 0.1) is 0 Å². The van der Waals surface area contributed by atoms with Gasteiger partial charge in [0.15, 0.2) is 0 Å². The SMILES string of the molecule is CCOC(C)c1noc(-c2ccc(N)c(Cl)c2)n1. The molecule has 2 N–H and O–H groups in total. The molecule has 0 amide bonds. The first-order chi connectivity index (χ1) is 8.61. The van der Waals surface area contributed by atoms with Crippen LogP contribution in [0.25, 0.3) is 11.5 Å². The highest BCUT2D eigenvalue weighted by Crippen LogP contribution is 2.26. The summed E-state index contributed by atoms with van der Waals surface area (Å²) in [5.74, 6) is 0.915. The molecular formula is C12H14ClN3O2. The summed E-state index contributed by atoms with van der Waals surface area (Å²) >= 11 is 5.94. The average Bonchev–Trinajstić information content (AvgIpc) is 2.82. The van der Waals surface area contributed by atoms with Crippen LogP contribution in [0.3, 0.4) is 0 Å². The number of anilines is 1. The van der Waals surface area contributed by atoms with Crippen LogP contribution in [-0.4, -0.2) is 16.7 Å². The Morgan fingerprint density at radius 3 is 2.94 bits per heavy atom. The molecule has 2 aromatic rings. The zero-order valence-electron chi connectivity index (χ0n) is 10.2. The topological polar surface area (TPSA) is 74.2 Å². The van der Waals surface area contributed by atoms with Gasteiger partial charge in [0.2, 0.25) is 5.82 Å². The van der Waals surface area contributed by atoms with Crippen molar-refractivity contribution in [3.8, 4) is 11.5 Å². The van der Waals surface area contributed by atoms with E-state index in [0.717, 1.165) is 5.56 Å². The van der Waals surface area contributed by atoms with Gasteiger partial charge >= 0.3 is 0 Å². The second-order valence-corrected chi connectivity index (χ2v) is 4.20. The van der Waals surface area contributed by atoms with E-state index in [-0.39, 0.29) is 6.10 Å². The third-order valence-corrected chi connectivity index (χ3v) is 2.80. The quantitative estimate of drug-likeness (QED) is 0.862. The molecule has 0 spiro atoms. The van der Waals surface area contributed by atoms with Crippen molar-refractivity contribution in [2.75, 3.05) is 12.3 Å². The number of nitrogens with two attached hydrogens (primary N) is 1. The van der Waals surface area contributed by atoms with Gasteiger partial charge in [-0.3, -0.25) is 0 Å². The summed E-state index contributed by atoms with van der Waals surface area (Å²) in [4.78, 5) is 4.27. The number of halogens is 1. The lowest BCUT2D eigenvalue weighted by Gasteiger charge is -2.04. The Labute approximate surface area is 110 Å². The fourth-order valence-corrected chi connectivity index (χ4v) is 1.68. The molecule has 1 aromatic carbocycles. The standard InChI is InChI=1S/C12H14ClN3O2/c1-3-17-7(2)11-15-12(18-16-11)8-4-5-10(14)9(13)6-8/h4-7H,3,14H2,1-2H3. The van der Waals surface area contributed by atoms with Crippen molar-refractivity contribution >= 4 is 17.3 Å². The van der Waals surface area contributed by atoms with Crippen molar-refractivity contribution in [3.05, 3.63) is 29.0 Å². The van der Waals surface area contributed by atoms with E-state index in [1.807, 2.05) is 13.8 Å². The number of hydrogen-bond donors (Lipinski definition) is 1. The second kappa shape index (κ2) is 5.37. The molecule has 1 heterocycles. The number of nitrogens with zero attached hydrogens (tertiary/aromatic N) is 2. The van der Waals surface area contributed by atoms with Gasteiger partial charge in [-0.15, -0.1) is 0 Å². The maximum absolute atomic E-state index is 5.94. The monoisotopic (exact) mass is 267 g/mol. The van der Waals surface area contributed by atoms with Gasteiger partial charge in [0, 0.05) is 12.2 Å². The molecule has 0 saturated heterocycles. The largest absolute Gasteiger partial charge is 0.398 e. The maximum Gasteiger partial charge on any atom is 0.258 e. The van der Waals surface area contributed by atoms with Gasteiger partial charge in [-0.25, -0.2) is 0 Å². The van der Waals surface area contributed by atoms with E-state index in [0.29, 0.717) is 29.0 Å². The van der Waals surface area contributed by atoms with E-state index in [4.69, 9.17) is 26.6 Å². The van der Waals surface area contributed by atoms with Gasteiger partial charge in [0.05, 0.1) is 10.7 Å². The minimum atomic E-state index is -0.197. The Hall–Kier alpha value is -1.59. The predicted molar refractivity (Wildman–Crippen MR) is 69.2 cm³/mol. The molecule has 1 atom stereocenters. The number of aromatic nitrogens is 2. The second-order valence-electron chi connectivity index (χ2n) is 3.79. The van der Waals surface area contributed by atoms with Crippen LogP contribution in [0.1, 0.15) is 25.8 Å². The van der Waals surface area contributed by atoms with E-state index in [1.54, 1.807) is 18.2 Å². The van der Waals surface area contributed by atoms with Crippen molar-refractivity contribution in [1.82, 2.24) is 10.1 Å². The molecule has 0 bridgehead atoms. The lowest BCUT2D eigenvalue weighted by Crippen LogP contribution is -2.01. The van der Waals surface area contributed by atoms with E-state index >= 15 is 0 Å². The molecule has 0 aliphatic carbocycles. The van der Waals surface area contributed by atoms with Crippen LogP contribution in [0.4, 0.5) is 5.69 Å². The van der Waals surface area contributed by atoms with Crippen LogP contribution >= 0.6 is 11.6 Å². The highest BCUT2D eigenvalue weighted by atomic mass is 35.5. The van der Waals surface area contributed by atoms with Gasteiger partial charge in [0.25, 0.3) is 5.89 Å². The minimum absolute atomic E-state index is 0.197. The Balaban J connectivity index is 2.26. The van der Waals surface area contributed by atoms with Crippen LogP contribution in [0.5, 0.6) is 0 Å². The predicted octanol–water partition coefficient (Wildman–Crippen LogP) is 3.07. The molecule has 96 valence electrons. The van der Waals surface area contributed by atoms with Gasteiger partial charge < -0.3 is 15.0 Å². The summed E-state index contributed by atoms with van der Waals surface area (Å²) < 4.78 is 10.6. The van der Waals surface area contributed by atoms with Crippen molar-refractivity contribution in [2.45, 2.75) is 20.0 Å². The van der Waals surface area contributed by atoms with E-state index < -0.39 is 0 Å². The Kier molecular flexibility index (Phi) is 3.84. The van der Waals surface area contributed by atoms with Crippen molar-refractivity contribution < 1.29 is 9.26 Å². The fourth-order valence-electron chi connectivity index (χ4n) is 1.50. The Bertz CT molecular complexity index is 542. The molecule has 5 nitrogen and oxygen atoms in total. The lowest BCUT2D eigenvalue weighted by molar-refractivity contribution is 0.0683. The van der Waals surface area contributed by atoms with Crippen LogP contribution in [0.15, 0.2) is 22.7 Å². The lowest BCUT2D eigenvalue weighted by atomic mass is 10.2. The van der Waals surface area contributed by atoms with Gasteiger partial charge in [-0.1, -0.05) is 16.8 Å². The van der Waals surface area contributed by atoms with E-state index in [2.05, 4.69) is 10.1 Å². The summed E-state index contributed by atoms with van der Waals surface area (Å²) in [6.07, 6.45) is -0.197. The first-order valence-electron chi connectivity index (χ1n) is 5.62. The number of nitrogen functional groups attached to an aromatic ring is 1. The smallest absolute Gasteiger partial charge is 0.258 e. The van der Waals surface area contributed by atoms with Crippen molar-refractivity contribution in [3.63, 3.8) is 0 Å². The zero-order chi connectivity index (χ0) is 13.1. The average molecular weight is 268 g/mol. The normalized spacial score (nSPS) is 12.6. The number of benzene rings is 1. The summed E-state index contributed by atoms with van der Waals surface area (Å²) in [7, 11) is 0. The van der Waals surface area contributed by atoms with Crippen LogP contribution in [-0.2, 0) is 4.74 Å². The summed E-state index contributed by atoms with van der Waals surface area (Å²) in [5.41, 5.74) is 6.89. The molecule has 18 heavy (non-hydrogen) atoms. The number of hydrogen-bond acceptors (Lipinski definition) is 5. The summed E-state index contributed by atoms with van der Waals surface area (Å²) in [6, 6.07) is 5.18. The van der Waals surface area contributed by atoms with Crippen LogP contribution < -0.4 is 5.73 Å². The van der Waals surface area contributed by atoms with Gasteiger partial charge in [0.1, 0.15) is 6.10 Å². The zero-order valence-corrected chi connectivity index (χ0v) is 10.9. The highest BCUT2D eigenvalue weighted by Gasteiger charge is 2.15. The Morgan fingerprint density at radius 1 is 1.50 bits per heavy atom. The van der Waals surface area contributed by atoms with Gasteiger partial charge in [-0.2, -0.15) is 4.98 Å². The van der Waals surface area contributed by atoms with E-state index in [9.17, 15) is 0 Å². The van der Waals surface area contributed by atoms with Crippen LogP contribution in [0.2, 0.25) is 5.02 Å². The molecule has 0 fully saturated rings. The maximum atomic E-state index is 5.94. The minimum Gasteiger partial charge on any atom is -0.398 e. The molecule has 0 saturated carbocycles. The van der Waals surface area contributed by atoms with Gasteiger partial charge in [-0.05, 0) is 32.0 Å². The van der Waals surface area contributed by atoms with Crippen molar-refractivity contribution in [1.29, 1.82) is 0 Å². The first-order valence-corrected chi connectivity index (χ1v) is 6.00. The first kappa shape index (κ1) is 12.9. The molecule has 0 aliphatic heterocycles. The van der Waals surface area contributed by atoms with E-state index in [1.165, 1.54) is 0 Å². The third kappa shape index (κ3) is 2.63. The third-order valence-electron chi connectivity index (χ3n) is 2.47. The fraction of sp³-hybridized carbons (Fsp3) is 0.333. The van der Waals surface area contributed by atoms with Crippen molar-refractivity contribution in [2.24, 2.45) is 0 Å². The summed E-state index contributed by atoms with van der Waals surface area (Å²) in [5, 5.41) is 4.34. The molecule has 0 radical (unpaired) electrons. The molecule has 2 rings (SSSR count). The molecule has 1 unspecified atom stereocenters. The molecule has 6 heteroatoms. The highest BCUT2D eigenvalue weighted by molar-refractivity contribution is 6.33.